The van der Waals surface area contributed by atoms with Gasteiger partial charge in [0.2, 0.25) is 0 Å². The van der Waals surface area contributed by atoms with Gasteiger partial charge in [0.1, 0.15) is 36.9 Å². The molecule has 174 valence electrons. The maximum absolute atomic E-state index is 10.1. The summed E-state index contributed by atoms with van der Waals surface area (Å²) in [6.45, 7) is 8.41. The first-order valence-electron chi connectivity index (χ1n) is 11.4. The first kappa shape index (κ1) is 25.4. The number of unbranched alkanes of at least 4 members (excludes halogenated alkanes) is 2. The molecule has 2 aromatic rings. The molecular formula is C25H38O6. The largest absolute Gasteiger partial charge is 0.491 e. The maximum Gasteiger partial charge on any atom is 0.122 e. The van der Waals surface area contributed by atoms with Crippen LogP contribution in [0.3, 0.4) is 0 Å². The second kappa shape index (κ2) is 14.2. The third-order valence-corrected chi connectivity index (χ3v) is 4.99. The molecule has 0 spiro atoms. The van der Waals surface area contributed by atoms with E-state index in [1.165, 1.54) is 0 Å². The van der Waals surface area contributed by atoms with Crippen molar-refractivity contribution in [3.05, 3.63) is 35.9 Å². The van der Waals surface area contributed by atoms with Gasteiger partial charge in [0.05, 0.1) is 13.2 Å². The molecule has 31 heavy (non-hydrogen) atoms. The molecular weight excluding hydrogens is 396 g/mol. The summed E-state index contributed by atoms with van der Waals surface area (Å²) in [6.07, 6.45) is 2.79. The van der Waals surface area contributed by atoms with Crippen molar-refractivity contribution in [2.75, 3.05) is 39.6 Å². The van der Waals surface area contributed by atoms with Gasteiger partial charge in [-0.1, -0.05) is 38.8 Å². The van der Waals surface area contributed by atoms with Crippen molar-refractivity contribution in [3.8, 4) is 11.5 Å². The standard InChI is InChI=1S/C25H38O6/c1-4-6-12-28-15-21(26)17-30-23-10-8-20-9-11-25(19(3)24(20)14-23)31-18-22(27)16-29-13-7-5-2/h8-11,14,21-22,26-27H,4-7,12-13,15-18H2,1-3H3. The van der Waals surface area contributed by atoms with E-state index in [0.717, 1.165) is 47.8 Å². The van der Waals surface area contributed by atoms with E-state index in [4.69, 9.17) is 18.9 Å². The Morgan fingerprint density at radius 1 is 0.774 bits per heavy atom. The summed E-state index contributed by atoms with van der Waals surface area (Å²) in [5.41, 5.74) is 0.977. The molecule has 2 rings (SSSR count). The van der Waals surface area contributed by atoms with Crippen molar-refractivity contribution < 1.29 is 29.2 Å². The lowest BCUT2D eigenvalue weighted by molar-refractivity contribution is 0.0112. The molecule has 0 aliphatic heterocycles. The van der Waals surface area contributed by atoms with Crippen LogP contribution in [-0.4, -0.2) is 62.1 Å². The van der Waals surface area contributed by atoms with Crippen molar-refractivity contribution >= 4 is 10.8 Å². The fourth-order valence-corrected chi connectivity index (χ4v) is 3.08. The molecule has 0 saturated heterocycles. The molecule has 2 unspecified atom stereocenters. The van der Waals surface area contributed by atoms with Gasteiger partial charge >= 0.3 is 0 Å². The Morgan fingerprint density at radius 3 is 1.97 bits per heavy atom. The van der Waals surface area contributed by atoms with Crippen LogP contribution in [0.25, 0.3) is 10.8 Å². The summed E-state index contributed by atoms with van der Waals surface area (Å²) in [4.78, 5) is 0. The predicted octanol–water partition coefficient (Wildman–Crippen LogP) is 4.26. The Kier molecular flexibility index (Phi) is 11.7. The number of rotatable bonds is 16. The highest BCUT2D eigenvalue weighted by Gasteiger charge is 2.11. The van der Waals surface area contributed by atoms with Gasteiger partial charge in [-0.25, -0.2) is 0 Å². The van der Waals surface area contributed by atoms with Crippen molar-refractivity contribution in [1.29, 1.82) is 0 Å². The Bertz CT molecular complexity index is 758. The highest BCUT2D eigenvalue weighted by Crippen LogP contribution is 2.30. The molecule has 0 aliphatic rings. The Hall–Kier alpha value is -1.86. The van der Waals surface area contributed by atoms with Gasteiger partial charge in [-0.15, -0.1) is 0 Å². The van der Waals surface area contributed by atoms with Crippen LogP contribution in [0.1, 0.15) is 45.1 Å². The molecule has 0 bridgehead atoms. The number of fused-ring (bicyclic) bond motifs is 1. The van der Waals surface area contributed by atoms with Crippen molar-refractivity contribution in [2.24, 2.45) is 0 Å². The van der Waals surface area contributed by atoms with E-state index in [2.05, 4.69) is 13.8 Å². The molecule has 0 aliphatic carbocycles. The molecule has 6 heteroatoms. The highest BCUT2D eigenvalue weighted by atomic mass is 16.5. The molecule has 0 heterocycles. The van der Waals surface area contributed by atoms with Gasteiger partial charge in [0.25, 0.3) is 0 Å². The average Bonchev–Trinajstić information content (AvgIpc) is 2.78. The summed E-state index contributed by atoms with van der Waals surface area (Å²) < 4.78 is 22.5. The third-order valence-electron chi connectivity index (χ3n) is 4.99. The number of ether oxygens (including phenoxy) is 4. The van der Waals surface area contributed by atoms with Crippen LogP contribution in [0, 0.1) is 6.92 Å². The van der Waals surface area contributed by atoms with E-state index in [1.807, 2.05) is 37.3 Å². The number of benzene rings is 2. The van der Waals surface area contributed by atoms with Crippen LogP contribution < -0.4 is 9.47 Å². The third kappa shape index (κ3) is 9.03. The smallest absolute Gasteiger partial charge is 0.122 e. The molecule has 6 nitrogen and oxygen atoms in total. The maximum atomic E-state index is 10.1. The molecule has 0 saturated carbocycles. The lowest BCUT2D eigenvalue weighted by Crippen LogP contribution is -2.24. The zero-order valence-corrected chi connectivity index (χ0v) is 19.1. The summed E-state index contributed by atoms with van der Waals surface area (Å²) in [6, 6.07) is 9.74. The number of aliphatic hydroxyl groups is 2. The van der Waals surface area contributed by atoms with E-state index >= 15 is 0 Å². The number of aryl methyl sites for hydroxylation is 1. The second-order valence-electron chi connectivity index (χ2n) is 7.86. The topological polar surface area (TPSA) is 77.4 Å². The SMILES string of the molecule is CCCCOCC(O)COc1ccc2ccc(OCC(O)COCCCC)c(C)c2c1. The first-order chi connectivity index (χ1) is 15.0. The first-order valence-corrected chi connectivity index (χ1v) is 11.4. The molecule has 2 N–H and O–H groups in total. The van der Waals surface area contributed by atoms with Gasteiger partial charge in [-0.3, -0.25) is 0 Å². The van der Waals surface area contributed by atoms with E-state index in [1.54, 1.807) is 0 Å². The zero-order chi connectivity index (χ0) is 22.5. The second-order valence-corrected chi connectivity index (χ2v) is 7.86. The molecule has 0 aromatic heterocycles. The molecule has 0 radical (unpaired) electrons. The lowest BCUT2D eigenvalue weighted by atomic mass is 10.0. The molecule has 2 aromatic carbocycles. The highest BCUT2D eigenvalue weighted by molar-refractivity contribution is 5.88. The lowest BCUT2D eigenvalue weighted by Gasteiger charge is -2.16. The Morgan fingerprint density at radius 2 is 1.35 bits per heavy atom. The fourth-order valence-electron chi connectivity index (χ4n) is 3.08. The number of hydrogen-bond donors (Lipinski definition) is 2. The predicted molar refractivity (Wildman–Crippen MR) is 123 cm³/mol. The molecule has 0 fully saturated rings. The van der Waals surface area contributed by atoms with Gasteiger partial charge in [-0.05, 0) is 54.3 Å². The Balaban J connectivity index is 1.90. The minimum absolute atomic E-state index is 0.178. The summed E-state index contributed by atoms with van der Waals surface area (Å²) in [5.74, 6) is 1.41. The summed E-state index contributed by atoms with van der Waals surface area (Å²) in [7, 11) is 0. The normalized spacial score (nSPS) is 13.3. The van der Waals surface area contributed by atoms with Crippen LogP contribution in [0.2, 0.25) is 0 Å². The molecule has 2 atom stereocenters. The van der Waals surface area contributed by atoms with Crippen LogP contribution in [0.4, 0.5) is 0 Å². The van der Waals surface area contributed by atoms with E-state index in [-0.39, 0.29) is 26.4 Å². The summed E-state index contributed by atoms with van der Waals surface area (Å²) in [5, 5.41) is 22.2. The van der Waals surface area contributed by atoms with Gasteiger partial charge in [0.15, 0.2) is 0 Å². The van der Waals surface area contributed by atoms with Crippen LogP contribution >= 0.6 is 0 Å². The van der Waals surface area contributed by atoms with Gasteiger partial charge < -0.3 is 29.2 Å². The van der Waals surface area contributed by atoms with Crippen molar-refractivity contribution in [2.45, 2.75) is 58.7 Å². The van der Waals surface area contributed by atoms with Gasteiger partial charge in [0, 0.05) is 13.2 Å². The summed E-state index contributed by atoms with van der Waals surface area (Å²) >= 11 is 0. The van der Waals surface area contributed by atoms with E-state index < -0.39 is 12.2 Å². The Labute approximate surface area is 186 Å². The van der Waals surface area contributed by atoms with Crippen LogP contribution in [-0.2, 0) is 9.47 Å². The van der Waals surface area contributed by atoms with Crippen LogP contribution in [0.5, 0.6) is 11.5 Å². The number of hydrogen-bond acceptors (Lipinski definition) is 6. The van der Waals surface area contributed by atoms with Crippen molar-refractivity contribution in [3.63, 3.8) is 0 Å². The fraction of sp³-hybridized carbons (Fsp3) is 0.600. The monoisotopic (exact) mass is 434 g/mol. The quantitative estimate of drug-likeness (QED) is 0.385. The minimum atomic E-state index is -0.664. The van der Waals surface area contributed by atoms with E-state index in [0.29, 0.717) is 19.0 Å². The van der Waals surface area contributed by atoms with Crippen molar-refractivity contribution in [1.82, 2.24) is 0 Å². The minimum Gasteiger partial charge on any atom is -0.491 e. The van der Waals surface area contributed by atoms with Crippen LogP contribution in [0.15, 0.2) is 30.3 Å². The van der Waals surface area contributed by atoms with E-state index in [9.17, 15) is 10.2 Å². The average molecular weight is 435 g/mol. The number of aliphatic hydroxyl groups excluding tert-OH is 2. The van der Waals surface area contributed by atoms with Gasteiger partial charge in [-0.2, -0.15) is 0 Å². The zero-order valence-electron chi connectivity index (χ0n) is 19.1. The molecule has 0 amide bonds.